The lowest BCUT2D eigenvalue weighted by molar-refractivity contribution is -0.119. The first-order chi connectivity index (χ1) is 5.84. The summed E-state index contributed by atoms with van der Waals surface area (Å²) in [6.45, 7) is 0. The normalized spacial score (nSPS) is 28.3. The second-order valence-corrected chi connectivity index (χ2v) is 3.47. The Kier molecular flexibility index (Phi) is 1.98. The highest BCUT2D eigenvalue weighted by Crippen LogP contribution is 2.20. The first kappa shape index (κ1) is 7.59. The van der Waals surface area contributed by atoms with Gasteiger partial charge in [-0.15, -0.1) is 0 Å². The third kappa shape index (κ3) is 1.58. The molecule has 64 valence electrons. The van der Waals surface area contributed by atoms with E-state index in [2.05, 4.69) is 29.6 Å². The smallest absolute Gasteiger partial charge is 0.220 e. The molecule has 1 fully saturated rings. The summed E-state index contributed by atoms with van der Waals surface area (Å²) in [5.41, 5.74) is 0. The Balaban J connectivity index is 1.83. The van der Waals surface area contributed by atoms with E-state index in [-0.39, 0.29) is 5.91 Å². The lowest BCUT2D eigenvalue weighted by Gasteiger charge is -2.12. The van der Waals surface area contributed by atoms with Crippen LogP contribution >= 0.6 is 0 Å². The van der Waals surface area contributed by atoms with E-state index in [0.717, 1.165) is 12.8 Å². The molecule has 0 bridgehead atoms. The van der Waals surface area contributed by atoms with Gasteiger partial charge in [0.2, 0.25) is 5.91 Å². The Bertz CT molecular complexity index is 230. The van der Waals surface area contributed by atoms with Gasteiger partial charge < -0.3 is 5.32 Å². The molecule has 1 amide bonds. The molecule has 1 saturated heterocycles. The highest BCUT2D eigenvalue weighted by molar-refractivity contribution is 5.78. The number of carbonyl (C=O) groups excluding carboxylic acids is 1. The molecule has 0 aromatic rings. The van der Waals surface area contributed by atoms with Crippen LogP contribution in [-0.2, 0) is 4.79 Å². The van der Waals surface area contributed by atoms with E-state index in [1.807, 2.05) is 0 Å². The van der Waals surface area contributed by atoms with Gasteiger partial charge in [-0.1, -0.05) is 24.3 Å². The van der Waals surface area contributed by atoms with Crippen molar-refractivity contribution in [3.05, 3.63) is 24.3 Å². The lowest BCUT2D eigenvalue weighted by Crippen LogP contribution is -2.26. The van der Waals surface area contributed by atoms with Gasteiger partial charge in [0.05, 0.1) is 0 Å². The minimum absolute atomic E-state index is 0.214. The Morgan fingerprint density at radius 1 is 1.42 bits per heavy atom. The standard InChI is InChI=1S/C10H13NO/c12-10-6-5-9(11-10)7-8-3-1-2-4-8/h1-4,8-9H,5-7H2,(H,11,12). The van der Waals surface area contributed by atoms with Crippen LogP contribution in [0.2, 0.25) is 0 Å². The van der Waals surface area contributed by atoms with Crippen molar-refractivity contribution in [3.63, 3.8) is 0 Å². The second-order valence-electron chi connectivity index (χ2n) is 3.47. The van der Waals surface area contributed by atoms with Gasteiger partial charge in [-0.05, 0) is 18.8 Å². The second kappa shape index (κ2) is 3.13. The number of allylic oxidation sites excluding steroid dienone is 4. The summed E-state index contributed by atoms with van der Waals surface area (Å²) in [5, 5.41) is 2.97. The van der Waals surface area contributed by atoms with Crippen molar-refractivity contribution in [2.45, 2.75) is 25.3 Å². The molecule has 0 aromatic carbocycles. The van der Waals surface area contributed by atoms with Gasteiger partial charge in [0.15, 0.2) is 0 Å². The molecular formula is C10H13NO. The highest BCUT2D eigenvalue weighted by Gasteiger charge is 2.22. The summed E-state index contributed by atoms with van der Waals surface area (Å²) < 4.78 is 0. The van der Waals surface area contributed by atoms with Crippen LogP contribution in [0.1, 0.15) is 19.3 Å². The van der Waals surface area contributed by atoms with Crippen molar-refractivity contribution < 1.29 is 4.79 Å². The van der Waals surface area contributed by atoms with Gasteiger partial charge in [-0.25, -0.2) is 0 Å². The van der Waals surface area contributed by atoms with Crippen LogP contribution in [0.3, 0.4) is 0 Å². The van der Waals surface area contributed by atoms with Crippen molar-refractivity contribution >= 4 is 5.91 Å². The van der Waals surface area contributed by atoms with E-state index in [4.69, 9.17) is 0 Å². The minimum atomic E-state index is 0.214. The van der Waals surface area contributed by atoms with E-state index < -0.39 is 0 Å². The van der Waals surface area contributed by atoms with Crippen molar-refractivity contribution in [2.75, 3.05) is 0 Å². The fraction of sp³-hybridized carbons (Fsp3) is 0.500. The molecule has 1 atom stereocenters. The Morgan fingerprint density at radius 3 is 2.75 bits per heavy atom. The van der Waals surface area contributed by atoms with E-state index in [9.17, 15) is 4.79 Å². The monoisotopic (exact) mass is 163 g/mol. The molecule has 2 nitrogen and oxygen atoms in total. The minimum Gasteiger partial charge on any atom is -0.353 e. The van der Waals surface area contributed by atoms with Crippen molar-refractivity contribution in [2.24, 2.45) is 5.92 Å². The molecule has 0 aromatic heterocycles. The summed E-state index contributed by atoms with van der Waals surface area (Å²) in [6.07, 6.45) is 11.3. The SMILES string of the molecule is O=C1CCC(CC2C=CC=C2)N1. The van der Waals surface area contributed by atoms with Gasteiger partial charge >= 0.3 is 0 Å². The number of carbonyl (C=O) groups is 1. The molecule has 0 spiro atoms. The van der Waals surface area contributed by atoms with Crippen LogP contribution in [0.15, 0.2) is 24.3 Å². The fourth-order valence-electron chi connectivity index (χ4n) is 1.82. The Labute approximate surface area is 72.3 Å². The summed E-state index contributed by atoms with van der Waals surface area (Å²) >= 11 is 0. The van der Waals surface area contributed by atoms with Crippen molar-refractivity contribution in [1.82, 2.24) is 5.32 Å². The predicted octanol–water partition coefficient (Wildman–Crippen LogP) is 1.40. The lowest BCUT2D eigenvalue weighted by atomic mass is 10.0. The molecule has 0 radical (unpaired) electrons. The van der Waals surface area contributed by atoms with Gasteiger partial charge in [-0.3, -0.25) is 4.79 Å². The quantitative estimate of drug-likeness (QED) is 0.655. The molecule has 2 rings (SSSR count). The van der Waals surface area contributed by atoms with E-state index in [0.29, 0.717) is 18.4 Å². The fourth-order valence-corrected chi connectivity index (χ4v) is 1.82. The van der Waals surface area contributed by atoms with Gasteiger partial charge in [0, 0.05) is 12.5 Å². The maximum Gasteiger partial charge on any atom is 0.220 e. The highest BCUT2D eigenvalue weighted by atomic mass is 16.1. The van der Waals surface area contributed by atoms with Gasteiger partial charge in [0.25, 0.3) is 0 Å². The van der Waals surface area contributed by atoms with Crippen molar-refractivity contribution in [3.8, 4) is 0 Å². The van der Waals surface area contributed by atoms with Crippen molar-refractivity contribution in [1.29, 1.82) is 0 Å². The third-order valence-corrected chi connectivity index (χ3v) is 2.47. The van der Waals surface area contributed by atoms with Gasteiger partial charge in [0.1, 0.15) is 0 Å². The molecule has 1 aliphatic heterocycles. The zero-order valence-corrected chi connectivity index (χ0v) is 6.99. The molecule has 1 heterocycles. The molecule has 0 saturated carbocycles. The van der Waals surface area contributed by atoms with Gasteiger partial charge in [-0.2, -0.15) is 0 Å². The Morgan fingerprint density at radius 2 is 2.17 bits per heavy atom. The number of rotatable bonds is 2. The maximum atomic E-state index is 10.9. The molecular weight excluding hydrogens is 150 g/mol. The summed E-state index contributed by atoms with van der Waals surface area (Å²) in [6, 6.07) is 0.412. The molecule has 1 N–H and O–H groups in total. The molecule has 12 heavy (non-hydrogen) atoms. The summed E-state index contributed by atoms with van der Waals surface area (Å²) in [5.74, 6) is 0.763. The zero-order chi connectivity index (χ0) is 8.39. The zero-order valence-electron chi connectivity index (χ0n) is 6.99. The predicted molar refractivity (Wildman–Crippen MR) is 47.6 cm³/mol. The molecule has 1 unspecified atom stereocenters. The number of hydrogen-bond acceptors (Lipinski definition) is 1. The van der Waals surface area contributed by atoms with Crippen LogP contribution in [-0.4, -0.2) is 11.9 Å². The van der Waals surface area contributed by atoms with E-state index in [1.165, 1.54) is 0 Å². The Hall–Kier alpha value is -1.05. The average Bonchev–Trinajstić information content (AvgIpc) is 2.63. The van der Waals surface area contributed by atoms with Crippen LogP contribution in [0.5, 0.6) is 0 Å². The third-order valence-electron chi connectivity index (χ3n) is 2.47. The average molecular weight is 163 g/mol. The molecule has 2 heteroatoms. The van der Waals surface area contributed by atoms with E-state index in [1.54, 1.807) is 0 Å². The number of nitrogens with one attached hydrogen (secondary N) is 1. The van der Waals surface area contributed by atoms with Crippen LogP contribution in [0, 0.1) is 5.92 Å². The van der Waals surface area contributed by atoms with E-state index >= 15 is 0 Å². The van der Waals surface area contributed by atoms with Crippen LogP contribution < -0.4 is 5.32 Å². The first-order valence-electron chi connectivity index (χ1n) is 4.49. The number of amides is 1. The first-order valence-corrected chi connectivity index (χ1v) is 4.49. The summed E-state index contributed by atoms with van der Waals surface area (Å²) in [7, 11) is 0. The molecule has 1 aliphatic carbocycles. The topological polar surface area (TPSA) is 29.1 Å². The summed E-state index contributed by atoms with van der Waals surface area (Å²) in [4.78, 5) is 10.9. The largest absolute Gasteiger partial charge is 0.353 e. The number of hydrogen-bond donors (Lipinski definition) is 1. The molecule has 2 aliphatic rings. The van der Waals surface area contributed by atoms with Crippen LogP contribution in [0.25, 0.3) is 0 Å². The van der Waals surface area contributed by atoms with Crippen LogP contribution in [0.4, 0.5) is 0 Å². The maximum absolute atomic E-state index is 10.9.